The third kappa shape index (κ3) is 3.21. The molecule has 0 spiro atoms. The van der Waals surface area contributed by atoms with Crippen LogP contribution in [-0.4, -0.2) is 36.1 Å². The predicted molar refractivity (Wildman–Crippen MR) is 94.4 cm³/mol. The summed E-state index contributed by atoms with van der Waals surface area (Å²) in [5.74, 6) is 0.636. The molecule has 0 N–H and O–H groups in total. The molecule has 2 unspecified atom stereocenters. The summed E-state index contributed by atoms with van der Waals surface area (Å²) in [7, 11) is 2.18. The summed E-state index contributed by atoms with van der Waals surface area (Å²) in [5.41, 5.74) is 0.962. The molecule has 5 heteroatoms. The van der Waals surface area contributed by atoms with Gasteiger partial charge >= 0.3 is 5.97 Å². The number of carbonyl (C=O) groups excluding carboxylic acids is 1. The van der Waals surface area contributed by atoms with Crippen molar-refractivity contribution in [2.24, 2.45) is 0 Å². The standard InChI is InChI=1S/C19H21NO3.ClH/c1-20-14-7-8-15(20)12-16(11-14)22-19(21)18-10-9-17(23-18)13-5-3-2-4-6-13;/h2-6,9-10,14-16H,7-8,11-12H2,1H3;1H. The first-order valence-corrected chi connectivity index (χ1v) is 8.29. The summed E-state index contributed by atoms with van der Waals surface area (Å²) in [6.07, 6.45) is 4.32. The van der Waals surface area contributed by atoms with Gasteiger partial charge in [0.1, 0.15) is 11.9 Å². The van der Waals surface area contributed by atoms with Crippen LogP contribution >= 0.6 is 12.4 Å². The monoisotopic (exact) mass is 347 g/mol. The predicted octanol–water partition coefficient (Wildman–Crippen LogP) is 4.15. The number of furan rings is 1. The molecule has 0 saturated carbocycles. The second-order valence-corrected chi connectivity index (χ2v) is 6.58. The molecule has 1 aromatic heterocycles. The molecule has 24 heavy (non-hydrogen) atoms. The van der Waals surface area contributed by atoms with Crippen molar-refractivity contribution in [2.45, 2.75) is 43.9 Å². The van der Waals surface area contributed by atoms with E-state index in [0.717, 1.165) is 18.4 Å². The third-order valence-electron chi connectivity index (χ3n) is 5.19. The second-order valence-electron chi connectivity index (χ2n) is 6.58. The van der Waals surface area contributed by atoms with Crippen LogP contribution in [0.2, 0.25) is 0 Å². The number of ether oxygens (including phenoxy) is 1. The van der Waals surface area contributed by atoms with Crippen molar-refractivity contribution in [1.29, 1.82) is 0 Å². The van der Waals surface area contributed by atoms with E-state index in [0.29, 0.717) is 17.8 Å². The molecule has 2 fully saturated rings. The lowest BCUT2D eigenvalue weighted by molar-refractivity contribution is -0.00305. The van der Waals surface area contributed by atoms with Crippen molar-refractivity contribution in [3.05, 3.63) is 48.2 Å². The first-order valence-electron chi connectivity index (χ1n) is 8.29. The van der Waals surface area contributed by atoms with Gasteiger partial charge in [-0.05, 0) is 32.0 Å². The number of piperidine rings is 1. The lowest BCUT2D eigenvalue weighted by Gasteiger charge is -2.35. The number of esters is 1. The highest BCUT2D eigenvalue weighted by atomic mass is 35.5. The number of carbonyl (C=O) groups is 1. The van der Waals surface area contributed by atoms with Crippen molar-refractivity contribution >= 4 is 18.4 Å². The van der Waals surface area contributed by atoms with Gasteiger partial charge in [0.2, 0.25) is 5.76 Å². The number of hydrogen-bond donors (Lipinski definition) is 0. The van der Waals surface area contributed by atoms with E-state index in [-0.39, 0.29) is 30.2 Å². The highest BCUT2D eigenvalue weighted by molar-refractivity contribution is 5.87. The van der Waals surface area contributed by atoms with Crippen LogP contribution in [-0.2, 0) is 4.74 Å². The van der Waals surface area contributed by atoms with E-state index in [1.807, 2.05) is 36.4 Å². The van der Waals surface area contributed by atoms with Crippen molar-refractivity contribution < 1.29 is 13.9 Å². The van der Waals surface area contributed by atoms with Gasteiger partial charge in [-0.1, -0.05) is 30.3 Å². The molecule has 1 aromatic carbocycles. The normalized spacial score (nSPS) is 26.0. The second kappa shape index (κ2) is 6.99. The Kier molecular flexibility index (Phi) is 4.97. The maximum Gasteiger partial charge on any atom is 0.374 e. The van der Waals surface area contributed by atoms with Crippen LogP contribution in [0, 0.1) is 0 Å². The summed E-state index contributed by atoms with van der Waals surface area (Å²) >= 11 is 0. The largest absolute Gasteiger partial charge is 0.456 e. The quantitative estimate of drug-likeness (QED) is 0.782. The summed E-state index contributed by atoms with van der Waals surface area (Å²) in [4.78, 5) is 14.8. The fourth-order valence-electron chi connectivity index (χ4n) is 3.87. The molecule has 2 bridgehead atoms. The zero-order valence-electron chi connectivity index (χ0n) is 13.7. The van der Waals surface area contributed by atoms with Crippen molar-refractivity contribution in [2.75, 3.05) is 7.05 Å². The molecule has 4 rings (SSSR count). The smallest absolute Gasteiger partial charge is 0.374 e. The molecule has 2 aliphatic heterocycles. The fraction of sp³-hybridized carbons (Fsp3) is 0.421. The molecular weight excluding hydrogens is 326 g/mol. The average Bonchev–Trinajstić information content (AvgIpc) is 3.12. The minimum absolute atomic E-state index is 0. The zero-order chi connectivity index (χ0) is 15.8. The van der Waals surface area contributed by atoms with Crippen LogP contribution in [0.1, 0.15) is 36.2 Å². The summed E-state index contributed by atoms with van der Waals surface area (Å²) < 4.78 is 11.4. The Morgan fingerprint density at radius 1 is 1.08 bits per heavy atom. The molecule has 2 aromatic rings. The number of rotatable bonds is 3. The van der Waals surface area contributed by atoms with E-state index in [9.17, 15) is 4.79 Å². The van der Waals surface area contributed by atoms with E-state index in [1.165, 1.54) is 12.8 Å². The maximum atomic E-state index is 12.3. The molecule has 0 radical (unpaired) electrons. The molecule has 3 heterocycles. The lowest BCUT2D eigenvalue weighted by atomic mass is 10.0. The summed E-state index contributed by atoms with van der Waals surface area (Å²) in [6, 6.07) is 14.4. The molecule has 2 aliphatic rings. The Labute approximate surface area is 148 Å². The summed E-state index contributed by atoms with van der Waals surface area (Å²) in [6.45, 7) is 0. The number of benzene rings is 1. The number of nitrogens with zero attached hydrogens (tertiary/aromatic N) is 1. The molecule has 2 atom stereocenters. The average molecular weight is 348 g/mol. The van der Waals surface area contributed by atoms with E-state index in [2.05, 4.69) is 11.9 Å². The Morgan fingerprint density at radius 3 is 2.42 bits per heavy atom. The van der Waals surface area contributed by atoms with Gasteiger partial charge in [0.25, 0.3) is 0 Å². The van der Waals surface area contributed by atoms with Gasteiger partial charge in [0.15, 0.2) is 0 Å². The van der Waals surface area contributed by atoms with E-state index in [4.69, 9.17) is 9.15 Å². The van der Waals surface area contributed by atoms with Crippen LogP contribution in [0.5, 0.6) is 0 Å². The van der Waals surface area contributed by atoms with Crippen LogP contribution in [0.3, 0.4) is 0 Å². The first kappa shape index (κ1) is 17.1. The topological polar surface area (TPSA) is 42.7 Å². The van der Waals surface area contributed by atoms with Crippen LogP contribution < -0.4 is 0 Å². The molecule has 0 amide bonds. The minimum Gasteiger partial charge on any atom is -0.456 e. The van der Waals surface area contributed by atoms with Gasteiger partial charge in [-0.15, -0.1) is 12.4 Å². The molecular formula is C19H22ClNO3. The molecule has 2 saturated heterocycles. The van der Waals surface area contributed by atoms with Crippen molar-refractivity contribution in [1.82, 2.24) is 4.90 Å². The van der Waals surface area contributed by atoms with E-state index < -0.39 is 0 Å². The van der Waals surface area contributed by atoms with Gasteiger partial charge in [0, 0.05) is 30.5 Å². The van der Waals surface area contributed by atoms with Crippen LogP contribution in [0.25, 0.3) is 11.3 Å². The van der Waals surface area contributed by atoms with E-state index in [1.54, 1.807) is 6.07 Å². The fourth-order valence-corrected chi connectivity index (χ4v) is 3.87. The number of fused-ring (bicyclic) bond motifs is 2. The summed E-state index contributed by atoms with van der Waals surface area (Å²) in [5, 5.41) is 0. The Morgan fingerprint density at radius 2 is 1.75 bits per heavy atom. The highest BCUT2D eigenvalue weighted by Crippen LogP contribution is 2.35. The Bertz CT molecular complexity index is 686. The Hall–Kier alpha value is -1.78. The van der Waals surface area contributed by atoms with Gasteiger partial charge in [0.05, 0.1) is 0 Å². The third-order valence-corrected chi connectivity index (χ3v) is 5.19. The van der Waals surface area contributed by atoms with Gasteiger partial charge in [-0.25, -0.2) is 4.79 Å². The zero-order valence-corrected chi connectivity index (χ0v) is 14.5. The van der Waals surface area contributed by atoms with Gasteiger partial charge in [-0.3, -0.25) is 0 Å². The molecule has 4 nitrogen and oxygen atoms in total. The maximum absolute atomic E-state index is 12.3. The lowest BCUT2D eigenvalue weighted by Crippen LogP contribution is -2.43. The highest BCUT2D eigenvalue weighted by Gasteiger charge is 2.40. The van der Waals surface area contributed by atoms with Crippen molar-refractivity contribution in [3.63, 3.8) is 0 Å². The first-order chi connectivity index (χ1) is 11.2. The minimum atomic E-state index is -0.346. The molecule has 128 valence electrons. The van der Waals surface area contributed by atoms with Crippen molar-refractivity contribution in [3.8, 4) is 11.3 Å². The van der Waals surface area contributed by atoms with Crippen LogP contribution in [0.15, 0.2) is 46.9 Å². The number of hydrogen-bond acceptors (Lipinski definition) is 4. The SMILES string of the molecule is CN1C2CCC1CC(OC(=O)c1ccc(-c3ccccc3)o1)C2.Cl. The van der Waals surface area contributed by atoms with E-state index >= 15 is 0 Å². The number of halogens is 1. The Balaban J connectivity index is 0.00000169. The van der Waals surface area contributed by atoms with Crippen LogP contribution in [0.4, 0.5) is 0 Å². The molecule has 0 aliphatic carbocycles. The van der Waals surface area contributed by atoms with Gasteiger partial charge in [-0.2, -0.15) is 0 Å². The van der Waals surface area contributed by atoms with Gasteiger partial charge < -0.3 is 14.1 Å².